The highest BCUT2D eigenvalue weighted by Gasteiger charge is 2.25. The summed E-state index contributed by atoms with van der Waals surface area (Å²) in [5, 5.41) is 0. The molecule has 0 amide bonds. The number of hydrazine groups is 1. The first kappa shape index (κ1) is 12.8. The maximum Gasteiger partial charge on any atom is 0.243 e. The van der Waals surface area contributed by atoms with E-state index >= 15 is 0 Å². The predicted octanol–water partition coefficient (Wildman–Crippen LogP) is -0.552. The third-order valence-electron chi connectivity index (χ3n) is 2.90. The van der Waals surface area contributed by atoms with E-state index in [0.29, 0.717) is 17.8 Å². The fourth-order valence-corrected chi connectivity index (χ4v) is 1.86. The van der Waals surface area contributed by atoms with Crippen LogP contribution in [0.15, 0.2) is 0 Å². The van der Waals surface area contributed by atoms with E-state index in [1.54, 1.807) is 7.11 Å². The van der Waals surface area contributed by atoms with Crippen molar-refractivity contribution in [1.82, 2.24) is 15.0 Å². The van der Waals surface area contributed by atoms with Crippen LogP contribution in [0.25, 0.3) is 0 Å². The van der Waals surface area contributed by atoms with E-state index in [1.165, 1.54) is 0 Å². The Labute approximate surface area is 106 Å². The highest BCUT2D eigenvalue weighted by Crippen LogP contribution is 2.20. The summed E-state index contributed by atoms with van der Waals surface area (Å²) in [4.78, 5) is 16.7. The largest absolute Gasteiger partial charge is 0.380 e. The molecule has 1 saturated heterocycles. The summed E-state index contributed by atoms with van der Waals surface area (Å²) in [6.45, 7) is 1.66. The number of nitrogen functional groups attached to an aromatic ring is 1. The SMILES string of the molecule is COC1CCN(c2nc(NN)nc(N(C)C)n2)C1. The van der Waals surface area contributed by atoms with Crippen LogP contribution >= 0.6 is 0 Å². The van der Waals surface area contributed by atoms with E-state index in [9.17, 15) is 0 Å². The number of nitrogens with two attached hydrogens (primary N) is 1. The molecule has 2 rings (SSSR count). The Bertz CT molecular complexity index is 411. The van der Waals surface area contributed by atoms with Gasteiger partial charge in [-0.25, -0.2) is 5.84 Å². The van der Waals surface area contributed by atoms with Crippen LogP contribution < -0.4 is 21.1 Å². The van der Waals surface area contributed by atoms with Crippen LogP contribution in [-0.2, 0) is 4.74 Å². The molecule has 0 spiro atoms. The highest BCUT2D eigenvalue weighted by molar-refractivity contribution is 5.44. The molecular formula is C10H19N7O. The summed E-state index contributed by atoms with van der Waals surface area (Å²) in [5.41, 5.74) is 2.46. The van der Waals surface area contributed by atoms with Crippen molar-refractivity contribution in [1.29, 1.82) is 0 Å². The molecule has 0 bridgehead atoms. The number of ether oxygens (including phenoxy) is 1. The number of nitrogens with zero attached hydrogens (tertiary/aromatic N) is 5. The van der Waals surface area contributed by atoms with Gasteiger partial charge in [0, 0.05) is 34.3 Å². The van der Waals surface area contributed by atoms with Gasteiger partial charge in [-0.05, 0) is 6.42 Å². The molecule has 8 nitrogen and oxygen atoms in total. The molecule has 1 unspecified atom stereocenters. The van der Waals surface area contributed by atoms with Crippen molar-refractivity contribution in [3.8, 4) is 0 Å². The molecule has 2 heterocycles. The molecule has 0 radical (unpaired) electrons. The van der Waals surface area contributed by atoms with Crippen molar-refractivity contribution < 1.29 is 4.74 Å². The van der Waals surface area contributed by atoms with Crippen molar-refractivity contribution in [2.45, 2.75) is 12.5 Å². The van der Waals surface area contributed by atoms with Crippen LogP contribution in [0, 0.1) is 0 Å². The fourth-order valence-electron chi connectivity index (χ4n) is 1.86. The number of hydrogen-bond donors (Lipinski definition) is 2. The van der Waals surface area contributed by atoms with Gasteiger partial charge in [-0.3, -0.25) is 5.43 Å². The van der Waals surface area contributed by atoms with E-state index in [2.05, 4.69) is 25.3 Å². The first-order chi connectivity index (χ1) is 8.63. The van der Waals surface area contributed by atoms with Gasteiger partial charge in [0.2, 0.25) is 17.8 Å². The zero-order valence-corrected chi connectivity index (χ0v) is 10.9. The van der Waals surface area contributed by atoms with Crippen LogP contribution in [0.4, 0.5) is 17.8 Å². The van der Waals surface area contributed by atoms with Crippen LogP contribution in [0.5, 0.6) is 0 Å². The lowest BCUT2D eigenvalue weighted by molar-refractivity contribution is 0.121. The van der Waals surface area contributed by atoms with Gasteiger partial charge in [0.1, 0.15) is 0 Å². The second-order valence-corrected chi connectivity index (χ2v) is 4.39. The summed E-state index contributed by atoms with van der Waals surface area (Å²) in [7, 11) is 5.47. The maximum atomic E-state index is 5.38. The van der Waals surface area contributed by atoms with Gasteiger partial charge in [0.25, 0.3) is 0 Å². The normalized spacial score (nSPS) is 19.1. The highest BCUT2D eigenvalue weighted by atomic mass is 16.5. The molecular weight excluding hydrogens is 234 g/mol. The Kier molecular flexibility index (Phi) is 3.78. The Morgan fingerprint density at radius 2 is 2.17 bits per heavy atom. The van der Waals surface area contributed by atoms with Crippen LogP contribution in [-0.4, -0.2) is 55.4 Å². The molecule has 1 atom stereocenters. The molecule has 3 N–H and O–H groups in total. The van der Waals surface area contributed by atoms with Crippen LogP contribution in [0.1, 0.15) is 6.42 Å². The van der Waals surface area contributed by atoms with Crippen molar-refractivity contribution in [2.75, 3.05) is 49.5 Å². The van der Waals surface area contributed by atoms with Crippen molar-refractivity contribution in [3.63, 3.8) is 0 Å². The van der Waals surface area contributed by atoms with E-state index in [-0.39, 0.29) is 6.10 Å². The van der Waals surface area contributed by atoms with Crippen molar-refractivity contribution in [2.24, 2.45) is 5.84 Å². The Morgan fingerprint density at radius 1 is 1.39 bits per heavy atom. The van der Waals surface area contributed by atoms with E-state index in [4.69, 9.17) is 10.6 Å². The minimum absolute atomic E-state index is 0.235. The number of methoxy groups -OCH3 is 1. The minimum atomic E-state index is 0.235. The topological polar surface area (TPSA) is 92.4 Å². The number of nitrogens with one attached hydrogen (secondary N) is 1. The zero-order valence-electron chi connectivity index (χ0n) is 10.9. The van der Waals surface area contributed by atoms with Gasteiger partial charge in [0.05, 0.1) is 6.10 Å². The summed E-state index contributed by atoms with van der Waals surface area (Å²) >= 11 is 0. The fraction of sp³-hybridized carbons (Fsp3) is 0.700. The van der Waals surface area contributed by atoms with Gasteiger partial charge < -0.3 is 14.5 Å². The third-order valence-corrected chi connectivity index (χ3v) is 2.90. The Hall–Kier alpha value is -1.67. The molecule has 1 aromatic rings. The van der Waals surface area contributed by atoms with Gasteiger partial charge in [0.15, 0.2) is 0 Å². The monoisotopic (exact) mass is 253 g/mol. The molecule has 1 fully saturated rings. The molecule has 1 aromatic heterocycles. The molecule has 0 aliphatic carbocycles. The van der Waals surface area contributed by atoms with Crippen molar-refractivity contribution >= 4 is 17.8 Å². The smallest absolute Gasteiger partial charge is 0.243 e. The Morgan fingerprint density at radius 3 is 2.72 bits per heavy atom. The summed E-state index contributed by atoms with van der Waals surface area (Å²) in [5.74, 6) is 6.94. The molecule has 1 aliphatic rings. The van der Waals surface area contributed by atoms with Crippen LogP contribution in [0.3, 0.4) is 0 Å². The molecule has 0 saturated carbocycles. The Balaban J connectivity index is 2.24. The zero-order chi connectivity index (χ0) is 13.1. The molecule has 18 heavy (non-hydrogen) atoms. The molecule has 1 aliphatic heterocycles. The number of rotatable bonds is 4. The average Bonchev–Trinajstić information content (AvgIpc) is 2.86. The van der Waals surface area contributed by atoms with E-state index < -0.39 is 0 Å². The molecule has 8 heteroatoms. The minimum Gasteiger partial charge on any atom is -0.380 e. The van der Waals surface area contributed by atoms with Gasteiger partial charge >= 0.3 is 0 Å². The lowest BCUT2D eigenvalue weighted by atomic mass is 10.3. The lowest BCUT2D eigenvalue weighted by Gasteiger charge is -2.19. The lowest BCUT2D eigenvalue weighted by Crippen LogP contribution is -2.26. The standard InChI is InChI=1S/C10H19N7O/c1-16(2)9-12-8(15-11)13-10(14-9)17-5-4-7(6-17)18-3/h7H,4-6,11H2,1-3H3,(H,12,13,14,15). The summed E-state index contributed by atoms with van der Waals surface area (Å²) < 4.78 is 5.33. The second-order valence-electron chi connectivity index (χ2n) is 4.39. The second kappa shape index (κ2) is 5.32. The third kappa shape index (κ3) is 2.59. The van der Waals surface area contributed by atoms with Crippen molar-refractivity contribution in [3.05, 3.63) is 0 Å². The van der Waals surface area contributed by atoms with Gasteiger partial charge in [-0.1, -0.05) is 0 Å². The average molecular weight is 253 g/mol. The predicted molar refractivity (Wildman–Crippen MR) is 69.6 cm³/mol. The van der Waals surface area contributed by atoms with E-state index in [1.807, 2.05) is 19.0 Å². The van der Waals surface area contributed by atoms with Gasteiger partial charge in [-0.2, -0.15) is 15.0 Å². The van der Waals surface area contributed by atoms with Gasteiger partial charge in [-0.15, -0.1) is 0 Å². The summed E-state index contributed by atoms with van der Waals surface area (Å²) in [6, 6.07) is 0. The maximum absolute atomic E-state index is 5.38. The first-order valence-electron chi connectivity index (χ1n) is 5.81. The van der Waals surface area contributed by atoms with E-state index in [0.717, 1.165) is 19.5 Å². The number of aromatic nitrogens is 3. The first-order valence-corrected chi connectivity index (χ1v) is 5.81. The molecule has 100 valence electrons. The number of hydrogen-bond acceptors (Lipinski definition) is 8. The molecule has 0 aromatic carbocycles. The quantitative estimate of drug-likeness (QED) is 0.545. The summed E-state index contributed by atoms with van der Waals surface area (Å²) in [6.07, 6.45) is 1.21. The number of anilines is 3. The van der Waals surface area contributed by atoms with Crippen LogP contribution in [0.2, 0.25) is 0 Å².